The molecule has 0 heterocycles. The molecule has 1 unspecified atom stereocenters. The Kier molecular flexibility index (Phi) is 8.44. The van der Waals surface area contributed by atoms with Gasteiger partial charge in [-0.2, -0.15) is 0 Å². The van der Waals surface area contributed by atoms with Gasteiger partial charge >= 0.3 is 11.9 Å². The number of carbonyl (C=O) groups is 2. The van der Waals surface area contributed by atoms with E-state index in [1.54, 1.807) is 24.3 Å². The third kappa shape index (κ3) is 6.68. The third-order valence-electron chi connectivity index (χ3n) is 5.25. The lowest BCUT2D eigenvalue weighted by molar-refractivity contribution is 0.0686. The predicted molar refractivity (Wildman–Crippen MR) is 132 cm³/mol. The van der Waals surface area contributed by atoms with E-state index in [1.807, 2.05) is 71.5 Å². The fraction of sp³-hybridized carbons (Fsp3) is 0.154. The number of carboxylic acids is 2. The molecule has 0 spiro atoms. The lowest BCUT2D eigenvalue weighted by Gasteiger charge is -2.14. The van der Waals surface area contributed by atoms with Crippen molar-refractivity contribution in [2.24, 2.45) is 5.92 Å². The van der Waals surface area contributed by atoms with Crippen LogP contribution in [0.4, 0.5) is 0 Å². The summed E-state index contributed by atoms with van der Waals surface area (Å²) >= 11 is 1.87. The maximum absolute atomic E-state index is 11.1. The first-order valence-electron chi connectivity index (χ1n) is 10.2. The summed E-state index contributed by atoms with van der Waals surface area (Å²) in [6, 6.07) is 21.7. The van der Waals surface area contributed by atoms with Crippen LogP contribution in [0.2, 0.25) is 0 Å². The number of carboxylic acid groups (broad SMARTS) is 2. The summed E-state index contributed by atoms with van der Waals surface area (Å²) in [6.45, 7) is 0. The second-order valence-electron chi connectivity index (χ2n) is 7.48. The third-order valence-corrected chi connectivity index (χ3v) is 5.73. The molecule has 1 atom stereocenters. The minimum absolute atomic E-state index is 0.201. The number of hydrogen-bond donors (Lipinski definition) is 2. The monoisotopic (exact) mass is 542 g/mol. The quantitative estimate of drug-likeness (QED) is 0.293. The first-order chi connectivity index (χ1) is 15.5. The van der Waals surface area contributed by atoms with Crippen molar-refractivity contribution in [1.29, 1.82) is 0 Å². The van der Waals surface area contributed by atoms with E-state index in [1.165, 1.54) is 0 Å². The lowest BCUT2D eigenvalue weighted by atomic mass is 9.91. The van der Waals surface area contributed by atoms with Gasteiger partial charge in [0, 0.05) is 5.56 Å². The number of aryl methyl sites for hydroxylation is 1. The molecule has 3 rings (SSSR count). The van der Waals surface area contributed by atoms with Crippen molar-refractivity contribution in [3.8, 4) is 5.75 Å². The zero-order chi connectivity index (χ0) is 22.9. The predicted octanol–water partition coefficient (Wildman–Crippen LogP) is 6.32. The fourth-order valence-corrected chi connectivity index (χ4v) is 3.85. The normalized spacial score (nSPS) is 11.9. The highest BCUT2D eigenvalue weighted by molar-refractivity contribution is 14.1. The first kappa shape index (κ1) is 23.5. The molecule has 0 aliphatic carbocycles. The summed E-state index contributed by atoms with van der Waals surface area (Å²) in [5.74, 6) is -0.878. The lowest BCUT2D eigenvalue weighted by Crippen LogP contribution is -2.05. The summed E-state index contributed by atoms with van der Waals surface area (Å²) in [5, 5.41) is 18.2. The van der Waals surface area contributed by atoms with E-state index in [4.69, 9.17) is 13.3 Å². The van der Waals surface area contributed by atoms with E-state index in [9.17, 15) is 9.59 Å². The Balaban J connectivity index is 1.77. The smallest absolute Gasteiger partial charge is 0.335 e. The van der Waals surface area contributed by atoms with Gasteiger partial charge in [-0.15, -0.1) is 0 Å². The molecular weight excluding hydrogens is 519 g/mol. The van der Waals surface area contributed by atoms with Crippen LogP contribution < -0.4 is 3.07 Å². The molecule has 0 radical (unpaired) electrons. The molecule has 0 aliphatic heterocycles. The van der Waals surface area contributed by atoms with Crippen LogP contribution >= 0.6 is 23.0 Å². The summed E-state index contributed by atoms with van der Waals surface area (Å²) in [6.07, 6.45) is 6.63. The van der Waals surface area contributed by atoms with Crippen LogP contribution in [0, 0.1) is 5.92 Å². The SMILES string of the molecule is O=C(O)c1ccc(CCC(/C=C/c2ccccc2OI)Cc2ccc(C(=O)O)cc2)cc1. The molecule has 0 bridgehead atoms. The van der Waals surface area contributed by atoms with E-state index >= 15 is 0 Å². The van der Waals surface area contributed by atoms with Crippen LogP contribution in [0.5, 0.6) is 5.75 Å². The Morgan fingerprint density at radius 2 is 1.41 bits per heavy atom. The standard InChI is InChI=1S/C26H23IO5/c27-32-24-4-2-1-3-21(24)12-9-19(17-20-10-15-23(16-11-20)26(30)31)6-5-18-7-13-22(14-8-18)25(28)29/h1-4,7-16,19H,5-6,17H2,(H,28,29)(H,30,31)/b12-9+. The van der Waals surface area contributed by atoms with E-state index in [0.29, 0.717) is 0 Å². The number of benzene rings is 3. The van der Waals surface area contributed by atoms with E-state index in [-0.39, 0.29) is 17.0 Å². The molecule has 32 heavy (non-hydrogen) atoms. The number of rotatable bonds is 10. The molecule has 2 N–H and O–H groups in total. The number of aromatic carboxylic acids is 2. The molecule has 3 aromatic carbocycles. The second kappa shape index (κ2) is 11.5. The van der Waals surface area contributed by atoms with E-state index in [0.717, 1.165) is 41.7 Å². The molecule has 3 aromatic rings. The molecule has 0 amide bonds. The average Bonchev–Trinajstić information content (AvgIpc) is 2.81. The first-order valence-corrected chi connectivity index (χ1v) is 11.0. The Hall–Kier alpha value is -3.13. The van der Waals surface area contributed by atoms with E-state index in [2.05, 4.69) is 12.2 Å². The highest BCUT2D eigenvalue weighted by atomic mass is 127. The minimum Gasteiger partial charge on any atom is -0.478 e. The number of allylic oxidation sites excluding steroid dienone is 1. The Morgan fingerprint density at radius 1 is 0.844 bits per heavy atom. The topological polar surface area (TPSA) is 83.8 Å². The molecular formula is C26H23IO5. The van der Waals surface area contributed by atoms with Crippen LogP contribution in [0.15, 0.2) is 78.9 Å². The molecule has 164 valence electrons. The Bertz CT molecular complexity index is 1090. The van der Waals surface area contributed by atoms with Crippen molar-refractivity contribution in [1.82, 2.24) is 0 Å². The number of para-hydroxylation sites is 1. The largest absolute Gasteiger partial charge is 0.478 e. The summed E-state index contributed by atoms with van der Waals surface area (Å²) in [7, 11) is 0. The zero-order valence-electron chi connectivity index (χ0n) is 17.3. The molecule has 5 nitrogen and oxygen atoms in total. The van der Waals surface area contributed by atoms with Gasteiger partial charge in [-0.3, -0.25) is 0 Å². The average molecular weight is 542 g/mol. The van der Waals surface area contributed by atoms with Crippen molar-refractivity contribution in [3.05, 3.63) is 107 Å². The van der Waals surface area contributed by atoms with Gasteiger partial charge in [0.25, 0.3) is 0 Å². The maximum atomic E-state index is 11.1. The van der Waals surface area contributed by atoms with Gasteiger partial charge in [-0.1, -0.05) is 54.6 Å². The van der Waals surface area contributed by atoms with Gasteiger partial charge in [0.1, 0.15) is 5.75 Å². The molecule has 0 saturated heterocycles. The molecule has 0 aliphatic rings. The van der Waals surface area contributed by atoms with Gasteiger partial charge < -0.3 is 13.3 Å². The summed E-state index contributed by atoms with van der Waals surface area (Å²) in [5.41, 5.74) is 3.67. The van der Waals surface area contributed by atoms with E-state index < -0.39 is 11.9 Å². The van der Waals surface area contributed by atoms with Crippen LogP contribution in [-0.2, 0) is 12.8 Å². The van der Waals surface area contributed by atoms with Crippen LogP contribution in [0.3, 0.4) is 0 Å². The van der Waals surface area contributed by atoms with Crippen molar-refractivity contribution in [2.75, 3.05) is 0 Å². The van der Waals surface area contributed by atoms with Gasteiger partial charge in [0.15, 0.2) is 23.0 Å². The van der Waals surface area contributed by atoms with Gasteiger partial charge in [-0.25, -0.2) is 9.59 Å². The van der Waals surface area contributed by atoms with Gasteiger partial charge in [0.05, 0.1) is 11.1 Å². The summed E-state index contributed by atoms with van der Waals surface area (Å²) < 4.78 is 5.41. The molecule has 6 heteroatoms. The molecule has 0 fully saturated rings. The highest BCUT2D eigenvalue weighted by Gasteiger charge is 2.10. The fourth-order valence-electron chi connectivity index (χ4n) is 3.45. The maximum Gasteiger partial charge on any atom is 0.335 e. The number of hydrogen-bond acceptors (Lipinski definition) is 3. The Labute approximate surface area is 201 Å². The summed E-state index contributed by atoms with van der Waals surface area (Å²) in [4.78, 5) is 22.2. The van der Waals surface area contributed by atoms with Crippen molar-refractivity contribution in [2.45, 2.75) is 19.3 Å². The van der Waals surface area contributed by atoms with Gasteiger partial charge in [-0.05, 0) is 66.6 Å². The van der Waals surface area contributed by atoms with Crippen LogP contribution in [0.1, 0.15) is 43.8 Å². The van der Waals surface area contributed by atoms with Crippen molar-refractivity contribution >= 4 is 41.0 Å². The minimum atomic E-state index is -0.937. The van der Waals surface area contributed by atoms with Crippen molar-refractivity contribution in [3.63, 3.8) is 0 Å². The number of halogens is 1. The highest BCUT2D eigenvalue weighted by Crippen LogP contribution is 2.24. The molecule has 0 aromatic heterocycles. The molecule has 0 saturated carbocycles. The van der Waals surface area contributed by atoms with Crippen LogP contribution in [-0.4, -0.2) is 22.2 Å². The second-order valence-corrected chi connectivity index (χ2v) is 7.92. The van der Waals surface area contributed by atoms with Gasteiger partial charge in [0.2, 0.25) is 0 Å². The Morgan fingerprint density at radius 3 is 1.97 bits per heavy atom. The zero-order valence-corrected chi connectivity index (χ0v) is 19.4. The van der Waals surface area contributed by atoms with Crippen molar-refractivity contribution < 1.29 is 22.9 Å². The van der Waals surface area contributed by atoms with Crippen LogP contribution in [0.25, 0.3) is 6.08 Å².